The van der Waals surface area contributed by atoms with Gasteiger partial charge in [0, 0.05) is 35.7 Å². The van der Waals surface area contributed by atoms with Crippen LogP contribution in [-0.2, 0) is 17.9 Å². The molecule has 2 fully saturated rings. The first-order valence-electron chi connectivity index (χ1n) is 16.0. The van der Waals surface area contributed by atoms with Crippen molar-refractivity contribution in [3.05, 3.63) is 63.7 Å². The van der Waals surface area contributed by atoms with Gasteiger partial charge < -0.3 is 10.2 Å². The maximum atomic E-state index is 15.9. The van der Waals surface area contributed by atoms with E-state index < -0.39 is 17.3 Å². The predicted octanol–water partition coefficient (Wildman–Crippen LogP) is 7.07. The van der Waals surface area contributed by atoms with Gasteiger partial charge in [0.25, 0.3) is 11.5 Å². The maximum Gasteiger partial charge on any atom is 0.276 e. The number of fused-ring (bicyclic) bond motifs is 10. The van der Waals surface area contributed by atoms with Gasteiger partial charge in [0.05, 0.1) is 16.9 Å². The van der Waals surface area contributed by atoms with Gasteiger partial charge in [0.2, 0.25) is 0 Å². The molecule has 0 radical (unpaired) electrons. The van der Waals surface area contributed by atoms with Crippen molar-refractivity contribution in [2.75, 3.05) is 18.4 Å². The van der Waals surface area contributed by atoms with Crippen LogP contribution in [0.2, 0.25) is 0 Å². The third-order valence-corrected chi connectivity index (χ3v) is 10.2. The molecule has 0 spiro atoms. The molecule has 5 heterocycles. The molecule has 4 aliphatic rings. The third-order valence-electron chi connectivity index (χ3n) is 10.2. The summed E-state index contributed by atoms with van der Waals surface area (Å²) in [7, 11) is 0. The molecule has 7 nitrogen and oxygen atoms in total. The normalized spacial score (nSPS) is 27.4. The van der Waals surface area contributed by atoms with E-state index in [0.717, 1.165) is 44.1 Å². The number of aromatic nitrogens is 3. The van der Waals surface area contributed by atoms with Gasteiger partial charge in [0.1, 0.15) is 17.8 Å². The Kier molecular flexibility index (Phi) is 8.25. The minimum atomic E-state index is -2.91. The Labute approximate surface area is 252 Å². The number of nitrogens with zero attached hydrogens (tertiary/aromatic N) is 5. The van der Waals surface area contributed by atoms with Crippen LogP contribution in [0.3, 0.4) is 0 Å². The number of aryl methyl sites for hydroxylation is 1. The molecular weight excluding hydrogens is 546 g/mol. The minimum absolute atomic E-state index is 0.0562. The number of hydrogen-bond acceptors (Lipinski definition) is 6. The Bertz CT molecular complexity index is 1570. The summed E-state index contributed by atoms with van der Waals surface area (Å²) in [5.41, 5.74) is 0.924. The van der Waals surface area contributed by atoms with Crippen LogP contribution in [0, 0.1) is 17.2 Å². The van der Waals surface area contributed by atoms with Gasteiger partial charge in [0.15, 0.2) is 0 Å². The zero-order chi connectivity index (χ0) is 30.2. The number of hydrogen-bond donors (Lipinski definition) is 1. The van der Waals surface area contributed by atoms with Crippen LogP contribution in [0.4, 0.5) is 14.6 Å². The highest BCUT2D eigenvalue weighted by Gasteiger charge is 2.47. The smallest absolute Gasteiger partial charge is 0.276 e. The number of nitrogens with one attached hydrogen (secondary N) is 1. The molecule has 3 aromatic rings. The molecule has 2 atom stereocenters. The van der Waals surface area contributed by atoms with Crippen molar-refractivity contribution in [3.63, 3.8) is 0 Å². The van der Waals surface area contributed by atoms with Crippen LogP contribution in [-0.4, -0.2) is 38.6 Å². The largest absolute Gasteiger partial charge is 0.363 e. The highest BCUT2D eigenvalue weighted by molar-refractivity contribution is 5.87. The maximum absolute atomic E-state index is 15.9. The standard InChI is InChI=1S/C34H42F2N6O/c1-23-9-6-4-3-5-7-16-42-31-28(20-29(32(42)43)33(21-37)14-15-33)30(38-22-39-31)40-24(2)25-10-8-11-27(19-25)34(35,36)26-12-17-41(23)18-13-26/h8,10-11,19-20,22-24,26H,3-7,9,12-18H2,1-2H3,(H,38,39,40)/t23?,24-/m1/s1. The summed E-state index contributed by atoms with van der Waals surface area (Å²) in [4.78, 5) is 25.2. The molecule has 7 rings (SSSR count). The SMILES string of the molecule is CC1CCCCCCCn2c(=O)c(C3(C#N)CC3)cc3c(ncnc32)N[C@H](C)c2cccc(c2)C(F)(F)C2CCN1CC2. The van der Waals surface area contributed by atoms with Gasteiger partial charge in [-0.05, 0) is 83.2 Å². The van der Waals surface area contributed by atoms with Gasteiger partial charge in [-0.25, -0.2) is 18.7 Å². The fourth-order valence-electron chi connectivity index (χ4n) is 7.08. The molecule has 1 N–H and O–H groups in total. The van der Waals surface area contributed by atoms with Gasteiger partial charge in [-0.15, -0.1) is 0 Å². The van der Waals surface area contributed by atoms with Crippen LogP contribution >= 0.6 is 0 Å². The van der Waals surface area contributed by atoms with E-state index in [0.29, 0.717) is 73.8 Å². The summed E-state index contributed by atoms with van der Waals surface area (Å²) in [6, 6.07) is 11.0. The highest BCUT2D eigenvalue weighted by atomic mass is 19.3. The number of pyridine rings is 1. The lowest BCUT2D eigenvalue weighted by Gasteiger charge is -2.39. The van der Waals surface area contributed by atoms with Gasteiger partial charge in [-0.1, -0.05) is 43.9 Å². The average molecular weight is 589 g/mol. The Hall–Kier alpha value is -3.38. The quantitative estimate of drug-likeness (QED) is 0.327. The van der Waals surface area contributed by atoms with Crippen molar-refractivity contribution in [2.45, 2.75) is 108 Å². The number of piperidine rings is 1. The first-order valence-corrected chi connectivity index (χ1v) is 16.0. The van der Waals surface area contributed by atoms with E-state index in [4.69, 9.17) is 0 Å². The molecule has 9 heteroatoms. The second-order valence-corrected chi connectivity index (χ2v) is 13.0. The molecular formula is C34H42F2N6O. The molecule has 8 bridgehead atoms. The van der Waals surface area contributed by atoms with E-state index in [1.54, 1.807) is 28.8 Å². The number of rotatable bonds is 1. The van der Waals surface area contributed by atoms with E-state index >= 15 is 8.78 Å². The number of benzene rings is 1. The third kappa shape index (κ3) is 5.78. The molecule has 1 saturated heterocycles. The van der Waals surface area contributed by atoms with Crippen molar-refractivity contribution in [2.24, 2.45) is 5.92 Å². The summed E-state index contributed by atoms with van der Waals surface area (Å²) in [5, 5.41) is 14.1. The van der Waals surface area contributed by atoms with E-state index in [-0.39, 0.29) is 17.2 Å². The highest BCUT2D eigenvalue weighted by Crippen LogP contribution is 2.47. The second-order valence-electron chi connectivity index (χ2n) is 13.0. The van der Waals surface area contributed by atoms with Crippen LogP contribution in [0.15, 0.2) is 41.5 Å². The monoisotopic (exact) mass is 588 g/mol. The first kappa shape index (κ1) is 29.7. The van der Waals surface area contributed by atoms with E-state index in [2.05, 4.69) is 33.2 Å². The topological polar surface area (TPSA) is 86.8 Å². The van der Waals surface area contributed by atoms with E-state index in [1.807, 2.05) is 13.0 Å². The molecule has 0 amide bonds. The molecule has 1 aromatic carbocycles. The molecule has 1 unspecified atom stereocenters. The number of nitriles is 1. The van der Waals surface area contributed by atoms with Crippen LogP contribution in [0.25, 0.3) is 11.0 Å². The number of anilines is 1. The van der Waals surface area contributed by atoms with Crippen LogP contribution in [0.1, 0.15) is 101 Å². The van der Waals surface area contributed by atoms with Crippen molar-refractivity contribution in [1.29, 1.82) is 5.26 Å². The van der Waals surface area contributed by atoms with Crippen molar-refractivity contribution in [3.8, 4) is 6.07 Å². The summed E-state index contributed by atoms with van der Waals surface area (Å²) in [5.74, 6) is -3.06. The summed E-state index contributed by atoms with van der Waals surface area (Å²) >= 11 is 0. The number of alkyl halides is 2. The molecule has 43 heavy (non-hydrogen) atoms. The second kappa shape index (κ2) is 12.0. The van der Waals surface area contributed by atoms with Gasteiger partial charge in [-0.2, -0.15) is 5.26 Å². The lowest BCUT2D eigenvalue weighted by molar-refractivity contribution is -0.0883. The van der Waals surface area contributed by atoms with Crippen molar-refractivity contribution < 1.29 is 8.78 Å². The summed E-state index contributed by atoms with van der Waals surface area (Å²) in [6.07, 6.45) is 9.97. The summed E-state index contributed by atoms with van der Waals surface area (Å²) < 4.78 is 33.5. The molecule has 2 aromatic heterocycles. The zero-order valence-electron chi connectivity index (χ0n) is 25.3. The fraction of sp³-hybridized carbons (Fsp3) is 0.588. The average Bonchev–Trinajstić information content (AvgIpc) is 3.82. The summed E-state index contributed by atoms with van der Waals surface area (Å²) in [6.45, 7) is 6.11. The lowest BCUT2D eigenvalue weighted by atomic mass is 9.85. The van der Waals surface area contributed by atoms with Crippen molar-refractivity contribution >= 4 is 16.9 Å². The number of halogens is 2. The van der Waals surface area contributed by atoms with E-state index in [9.17, 15) is 10.1 Å². The van der Waals surface area contributed by atoms with Crippen molar-refractivity contribution in [1.82, 2.24) is 19.4 Å². The molecule has 1 saturated carbocycles. The Morgan fingerprint density at radius 2 is 1.72 bits per heavy atom. The Balaban J connectivity index is 1.38. The molecule has 3 aliphatic heterocycles. The first-order chi connectivity index (χ1) is 20.7. The fourth-order valence-corrected chi connectivity index (χ4v) is 7.08. The van der Waals surface area contributed by atoms with Crippen LogP contribution in [0.5, 0.6) is 0 Å². The Morgan fingerprint density at radius 1 is 0.977 bits per heavy atom. The van der Waals surface area contributed by atoms with Gasteiger partial charge in [-0.3, -0.25) is 9.36 Å². The van der Waals surface area contributed by atoms with E-state index in [1.165, 1.54) is 6.33 Å². The Morgan fingerprint density at radius 3 is 2.47 bits per heavy atom. The minimum Gasteiger partial charge on any atom is -0.363 e. The predicted molar refractivity (Wildman–Crippen MR) is 164 cm³/mol. The molecule has 228 valence electrons. The zero-order valence-corrected chi connectivity index (χ0v) is 25.3. The van der Waals surface area contributed by atoms with Crippen LogP contribution < -0.4 is 10.9 Å². The lowest BCUT2D eigenvalue weighted by Crippen LogP contribution is -2.43. The van der Waals surface area contributed by atoms with Gasteiger partial charge >= 0.3 is 0 Å². The molecule has 1 aliphatic carbocycles.